The summed E-state index contributed by atoms with van der Waals surface area (Å²) in [6, 6.07) is 12.5. The minimum atomic E-state index is -0.721. The zero-order valence-electron chi connectivity index (χ0n) is 12.4. The standard InChI is InChI=1S/C18H18F2O2/c1-2-21-17-11-12-18(22-17,13-3-7-15(19)8-4-13)14-5-9-16(20)10-6-14/h3-10,17H,2,11-12H2,1H3/t17-/m1/s1. The van der Waals surface area contributed by atoms with Crippen molar-refractivity contribution >= 4 is 0 Å². The summed E-state index contributed by atoms with van der Waals surface area (Å²) in [5, 5.41) is 0. The van der Waals surface area contributed by atoms with E-state index in [4.69, 9.17) is 9.47 Å². The van der Waals surface area contributed by atoms with Crippen molar-refractivity contribution in [3.63, 3.8) is 0 Å². The van der Waals surface area contributed by atoms with E-state index >= 15 is 0 Å². The highest BCUT2D eigenvalue weighted by Gasteiger charge is 2.43. The van der Waals surface area contributed by atoms with Gasteiger partial charge in [-0.1, -0.05) is 24.3 Å². The first-order valence-electron chi connectivity index (χ1n) is 7.45. The third-order valence-electron chi connectivity index (χ3n) is 4.04. The highest BCUT2D eigenvalue weighted by atomic mass is 19.1. The Labute approximate surface area is 128 Å². The molecule has 2 nitrogen and oxygen atoms in total. The normalized spacial score (nSPS) is 20.2. The summed E-state index contributed by atoms with van der Waals surface area (Å²) in [6.45, 7) is 2.48. The van der Waals surface area contributed by atoms with E-state index in [0.29, 0.717) is 13.0 Å². The van der Waals surface area contributed by atoms with Crippen LogP contribution in [0.1, 0.15) is 30.9 Å². The molecule has 1 aliphatic heterocycles. The number of hydrogen-bond acceptors (Lipinski definition) is 2. The molecule has 1 saturated heterocycles. The molecule has 0 unspecified atom stereocenters. The summed E-state index contributed by atoms with van der Waals surface area (Å²) >= 11 is 0. The second-order valence-corrected chi connectivity index (χ2v) is 5.38. The second-order valence-electron chi connectivity index (χ2n) is 5.38. The molecule has 0 saturated carbocycles. The van der Waals surface area contributed by atoms with Crippen LogP contribution >= 0.6 is 0 Å². The molecule has 3 rings (SSSR count). The molecule has 1 atom stereocenters. The van der Waals surface area contributed by atoms with E-state index in [0.717, 1.165) is 17.5 Å². The minimum absolute atomic E-state index is 0.294. The summed E-state index contributed by atoms with van der Waals surface area (Å²) in [5.74, 6) is -0.588. The van der Waals surface area contributed by atoms with Gasteiger partial charge in [-0.25, -0.2) is 8.78 Å². The van der Waals surface area contributed by atoms with Gasteiger partial charge >= 0.3 is 0 Å². The van der Waals surface area contributed by atoms with Crippen LogP contribution in [0.15, 0.2) is 48.5 Å². The van der Waals surface area contributed by atoms with Crippen LogP contribution in [0.25, 0.3) is 0 Å². The summed E-state index contributed by atoms with van der Waals surface area (Å²) in [4.78, 5) is 0. The van der Waals surface area contributed by atoms with Gasteiger partial charge in [0.25, 0.3) is 0 Å². The molecule has 0 N–H and O–H groups in total. The van der Waals surface area contributed by atoms with E-state index in [9.17, 15) is 8.78 Å². The Kier molecular flexibility index (Phi) is 4.23. The van der Waals surface area contributed by atoms with Crippen molar-refractivity contribution in [2.45, 2.75) is 31.7 Å². The van der Waals surface area contributed by atoms with Gasteiger partial charge in [-0.05, 0) is 48.7 Å². The van der Waals surface area contributed by atoms with Crippen molar-refractivity contribution in [3.05, 3.63) is 71.3 Å². The SMILES string of the molecule is CCO[C@H]1CCC(c2ccc(F)cc2)(c2ccc(F)cc2)O1. The first kappa shape index (κ1) is 15.1. The predicted molar refractivity (Wildman–Crippen MR) is 79.3 cm³/mol. The lowest BCUT2D eigenvalue weighted by atomic mass is 9.84. The van der Waals surface area contributed by atoms with Crippen molar-refractivity contribution in [2.24, 2.45) is 0 Å². The van der Waals surface area contributed by atoms with Crippen molar-refractivity contribution < 1.29 is 18.3 Å². The van der Waals surface area contributed by atoms with E-state index in [1.54, 1.807) is 24.3 Å². The van der Waals surface area contributed by atoms with Crippen molar-refractivity contribution in [3.8, 4) is 0 Å². The lowest BCUT2D eigenvalue weighted by Gasteiger charge is -2.30. The van der Waals surface area contributed by atoms with Gasteiger partial charge in [0.15, 0.2) is 6.29 Å². The maximum Gasteiger partial charge on any atom is 0.159 e. The first-order valence-corrected chi connectivity index (χ1v) is 7.45. The van der Waals surface area contributed by atoms with Gasteiger partial charge in [0.1, 0.15) is 17.2 Å². The Bertz CT molecular complexity index is 577. The quantitative estimate of drug-likeness (QED) is 0.834. The van der Waals surface area contributed by atoms with Gasteiger partial charge in [-0.2, -0.15) is 0 Å². The van der Waals surface area contributed by atoms with Crippen LogP contribution in [0.4, 0.5) is 8.78 Å². The van der Waals surface area contributed by atoms with Crippen molar-refractivity contribution in [1.29, 1.82) is 0 Å². The fourth-order valence-corrected chi connectivity index (χ4v) is 3.00. The third-order valence-corrected chi connectivity index (χ3v) is 4.04. The molecule has 0 bridgehead atoms. The molecule has 1 heterocycles. The summed E-state index contributed by atoms with van der Waals surface area (Å²) in [7, 11) is 0. The molecule has 2 aromatic carbocycles. The van der Waals surface area contributed by atoms with E-state index in [-0.39, 0.29) is 17.9 Å². The topological polar surface area (TPSA) is 18.5 Å². The molecular formula is C18H18F2O2. The second kappa shape index (κ2) is 6.15. The van der Waals surface area contributed by atoms with E-state index < -0.39 is 5.60 Å². The lowest BCUT2D eigenvalue weighted by Crippen LogP contribution is -2.29. The summed E-state index contributed by atoms with van der Waals surface area (Å²) in [6.07, 6.45) is 1.14. The maximum absolute atomic E-state index is 13.2. The number of benzene rings is 2. The van der Waals surface area contributed by atoms with Crippen LogP contribution < -0.4 is 0 Å². The van der Waals surface area contributed by atoms with Gasteiger partial charge in [0, 0.05) is 13.0 Å². The van der Waals surface area contributed by atoms with Crippen LogP contribution in [-0.4, -0.2) is 12.9 Å². The average molecular weight is 304 g/mol. The van der Waals surface area contributed by atoms with Gasteiger partial charge in [-0.3, -0.25) is 0 Å². The van der Waals surface area contributed by atoms with Gasteiger partial charge < -0.3 is 9.47 Å². The van der Waals surface area contributed by atoms with E-state index in [1.807, 2.05) is 6.92 Å². The van der Waals surface area contributed by atoms with Crippen molar-refractivity contribution in [1.82, 2.24) is 0 Å². The van der Waals surface area contributed by atoms with Gasteiger partial charge in [-0.15, -0.1) is 0 Å². The molecule has 0 aliphatic carbocycles. The van der Waals surface area contributed by atoms with Gasteiger partial charge in [0.05, 0.1) is 0 Å². The maximum atomic E-state index is 13.2. The summed E-state index contributed by atoms with van der Waals surface area (Å²) < 4.78 is 38.2. The Morgan fingerprint density at radius 2 is 1.50 bits per heavy atom. The molecule has 1 aliphatic rings. The van der Waals surface area contributed by atoms with Crippen molar-refractivity contribution in [2.75, 3.05) is 6.61 Å². The molecule has 0 spiro atoms. The van der Waals surface area contributed by atoms with Crippen LogP contribution in [0.5, 0.6) is 0 Å². The van der Waals surface area contributed by atoms with E-state index in [2.05, 4.69) is 0 Å². The molecule has 2 aromatic rings. The molecule has 1 fully saturated rings. The number of hydrogen-bond donors (Lipinski definition) is 0. The number of rotatable bonds is 4. The minimum Gasteiger partial charge on any atom is -0.353 e. The highest BCUT2D eigenvalue weighted by molar-refractivity contribution is 5.37. The Morgan fingerprint density at radius 3 is 1.95 bits per heavy atom. The fourth-order valence-electron chi connectivity index (χ4n) is 3.00. The van der Waals surface area contributed by atoms with Crippen LogP contribution in [0.3, 0.4) is 0 Å². The fraction of sp³-hybridized carbons (Fsp3) is 0.333. The molecule has 116 valence electrons. The number of ether oxygens (including phenoxy) is 2. The van der Waals surface area contributed by atoms with Crippen LogP contribution in [0, 0.1) is 11.6 Å². The van der Waals surface area contributed by atoms with E-state index in [1.165, 1.54) is 24.3 Å². The monoisotopic (exact) mass is 304 g/mol. The zero-order chi connectivity index (χ0) is 15.6. The summed E-state index contributed by atoms with van der Waals surface area (Å²) in [5.41, 5.74) is 0.978. The molecular weight excluding hydrogens is 286 g/mol. The highest BCUT2D eigenvalue weighted by Crippen LogP contribution is 2.45. The van der Waals surface area contributed by atoms with Crippen LogP contribution in [0.2, 0.25) is 0 Å². The number of halogens is 2. The molecule has 0 amide bonds. The molecule has 0 aromatic heterocycles. The molecule has 22 heavy (non-hydrogen) atoms. The molecule has 4 heteroatoms. The Hall–Kier alpha value is -1.78. The van der Waals surface area contributed by atoms with Crippen LogP contribution in [-0.2, 0) is 15.1 Å². The lowest BCUT2D eigenvalue weighted by molar-refractivity contribution is -0.156. The van der Waals surface area contributed by atoms with Gasteiger partial charge in [0.2, 0.25) is 0 Å². The predicted octanol–water partition coefficient (Wildman–Crippen LogP) is 4.38. The first-order chi connectivity index (χ1) is 10.6. The smallest absolute Gasteiger partial charge is 0.159 e. The Balaban J connectivity index is 2.03. The zero-order valence-corrected chi connectivity index (χ0v) is 12.4. The Morgan fingerprint density at radius 1 is 1.00 bits per heavy atom. The molecule has 0 radical (unpaired) electrons. The average Bonchev–Trinajstić information content (AvgIpc) is 2.94. The largest absolute Gasteiger partial charge is 0.353 e. The third kappa shape index (κ3) is 2.76.